The molecule has 168 valence electrons. The van der Waals surface area contributed by atoms with Gasteiger partial charge in [-0.25, -0.2) is 9.79 Å². The average molecular weight is 458 g/mol. The molecule has 9 heteroatoms. The van der Waals surface area contributed by atoms with Crippen LogP contribution in [0, 0.1) is 0 Å². The molecular weight excluding hydrogens is 434 g/mol. The van der Waals surface area contributed by atoms with Crippen LogP contribution in [-0.2, 0) is 9.53 Å². The van der Waals surface area contributed by atoms with Gasteiger partial charge in [0.05, 0.1) is 38.5 Å². The minimum Gasteiger partial charge on any atom is -0.506 e. The summed E-state index contributed by atoms with van der Waals surface area (Å²) in [6.07, 6.45) is 1.63. The van der Waals surface area contributed by atoms with Crippen LogP contribution >= 0.6 is 11.8 Å². The number of phenols is 1. The lowest BCUT2D eigenvalue weighted by atomic mass is 10.1. The summed E-state index contributed by atoms with van der Waals surface area (Å²) in [6.45, 7) is 1.83. The molecule has 0 atom stereocenters. The zero-order chi connectivity index (χ0) is 23.3. The van der Waals surface area contributed by atoms with Crippen LogP contribution in [-0.4, -0.2) is 49.2 Å². The van der Waals surface area contributed by atoms with Gasteiger partial charge in [0.15, 0.2) is 23.0 Å². The van der Waals surface area contributed by atoms with E-state index in [0.29, 0.717) is 33.4 Å². The van der Waals surface area contributed by atoms with Gasteiger partial charge in [-0.05, 0) is 42.8 Å². The molecule has 3 rings (SSSR count). The lowest BCUT2D eigenvalue weighted by Gasteiger charge is -2.08. The highest BCUT2D eigenvalue weighted by Gasteiger charge is 2.33. The number of carbonyl (C=O) groups excluding carboxylic acids is 1. The molecule has 0 aromatic heterocycles. The van der Waals surface area contributed by atoms with Gasteiger partial charge < -0.3 is 29.2 Å². The SMILES string of the molecule is CCOC(=O)C1=C(O)/C(=C\c2ccc(OC)c(O)c2)SC1=Nc1ccc(OC)c(OC)c1. The largest absolute Gasteiger partial charge is 0.506 e. The van der Waals surface area contributed by atoms with Gasteiger partial charge in [-0.3, -0.25) is 0 Å². The molecule has 2 aromatic rings. The summed E-state index contributed by atoms with van der Waals surface area (Å²) in [6, 6.07) is 9.88. The van der Waals surface area contributed by atoms with Crippen LogP contribution in [0.2, 0.25) is 0 Å². The van der Waals surface area contributed by atoms with Crippen LogP contribution < -0.4 is 14.2 Å². The van der Waals surface area contributed by atoms with E-state index in [4.69, 9.17) is 18.9 Å². The fourth-order valence-electron chi connectivity index (χ4n) is 2.95. The molecule has 0 fully saturated rings. The second-order valence-corrected chi connectivity index (χ2v) is 7.47. The van der Waals surface area contributed by atoms with Crippen molar-refractivity contribution in [1.82, 2.24) is 0 Å². The fraction of sp³-hybridized carbons (Fsp3) is 0.217. The van der Waals surface area contributed by atoms with Crippen molar-refractivity contribution in [2.24, 2.45) is 4.99 Å². The predicted octanol–water partition coefficient (Wildman–Crippen LogP) is 4.61. The number of ether oxygens (including phenoxy) is 4. The highest BCUT2D eigenvalue weighted by Crippen LogP contribution is 2.41. The first-order valence-electron chi connectivity index (χ1n) is 9.60. The molecule has 0 spiro atoms. The Labute approximate surface area is 189 Å². The van der Waals surface area contributed by atoms with Crippen LogP contribution in [0.25, 0.3) is 6.08 Å². The van der Waals surface area contributed by atoms with Crippen LogP contribution in [0.4, 0.5) is 5.69 Å². The van der Waals surface area contributed by atoms with Crippen LogP contribution in [0.5, 0.6) is 23.0 Å². The molecule has 2 N–H and O–H groups in total. The molecule has 0 aliphatic carbocycles. The molecule has 0 saturated carbocycles. The number of aliphatic hydroxyl groups excluding tert-OH is 1. The van der Waals surface area contributed by atoms with Crippen LogP contribution in [0.3, 0.4) is 0 Å². The van der Waals surface area contributed by atoms with E-state index in [1.165, 1.54) is 27.4 Å². The number of aliphatic imine (C=N–C) groups is 1. The highest BCUT2D eigenvalue weighted by atomic mass is 32.2. The molecule has 0 radical (unpaired) electrons. The van der Waals surface area contributed by atoms with Crippen molar-refractivity contribution < 1.29 is 34.0 Å². The number of phenolic OH excluding ortho intramolecular Hbond substituents is 1. The number of nitrogens with zero attached hydrogens (tertiary/aromatic N) is 1. The van der Waals surface area contributed by atoms with Crippen LogP contribution in [0.15, 0.2) is 57.6 Å². The maximum absolute atomic E-state index is 12.6. The first-order chi connectivity index (χ1) is 15.4. The first kappa shape index (κ1) is 23.1. The van der Waals surface area contributed by atoms with Crippen molar-refractivity contribution in [3.63, 3.8) is 0 Å². The normalized spacial score (nSPS) is 15.9. The van der Waals surface area contributed by atoms with Crippen molar-refractivity contribution in [3.05, 3.63) is 58.2 Å². The Morgan fingerprint density at radius 2 is 1.69 bits per heavy atom. The lowest BCUT2D eigenvalue weighted by Crippen LogP contribution is -2.12. The van der Waals surface area contributed by atoms with E-state index in [9.17, 15) is 15.0 Å². The maximum atomic E-state index is 12.6. The van der Waals surface area contributed by atoms with Gasteiger partial charge in [0.1, 0.15) is 16.4 Å². The summed E-state index contributed by atoms with van der Waals surface area (Å²) >= 11 is 1.11. The third kappa shape index (κ3) is 4.83. The number of rotatable bonds is 7. The van der Waals surface area contributed by atoms with Crippen molar-refractivity contribution >= 4 is 34.5 Å². The molecule has 1 aliphatic rings. The Morgan fingerprint density at radius 3 is 2.31 bits per heavy atom. The number of hydrogen-bond donors (Lipinski definition) is 2. The standard InChI is InChI=1S/C23H23NO7S/c1-5-31-23(27)20-21(26)19(11-13-6-8-16(28-2)15(25)10-13)32-22(20)24-14-7-9-17(29-3)18(12-14)30-4/h6-12,25-26H,5H2,1-4H3/b19-11+,24-22?. The number of benzene rings is 2. The van der Waals surface area contributed by atoms with Gasteiger partial charge in [0, 0.05) is 6.07 Å². The Balaban J connectivity index is 2.04. The van der Waals surface area contributed by atoms with E-state index in [0.717, 1.165) is 11.8 Å². The summed E-state index contributed by atoms with van der Waals surface area (Å²) in [4.78, 5) is 17.5. The Hall–Kier alpha value is -3.59. The Morgan fingerprint density at radius 1 is 1.00 bits per heavy atom. The van der Waals surface area contributed by atoms with Gasteiger partial charge in [-0.2, -0.15) is 0 Å². The number of aromatic hydroxyl groups is 1. The van der Waals surface area contributed by atoms with Crippen molar-refractivity contribution in [2.45, 2.75) is 6.92 Å². The molecule has 0 saturated heterocycles. The van der Waals surface area contributed by atoms with E-state index in [-0.39, 0.29) is 28.7 Å². The van der Waals surface area contributed by atoms with E-state index in [1.807, 2.05) is 0 Å². The number of thioether (sulfide) groups is 1. The van der Waals surface area contributed by atoms with E-state index < -0.39 is 5.97 Å². The minimum absolute atomic E-state index is 0.0318. The number of esters is 1. The van der Waals surface area contributed by atoms with Gasteiger partial charge >= 0.3 is 5.97 Å². The average Bonchev–Trinajstić information content (AvgIpc) is 3.08. The zero-order valence-electron chi connectivity index (χ0n) is 18.0. The number of hydrogen-bond acceptors (Lipinski definition) is 9. The van der Waals surface area contributed by atoms with E-state index in [2.05, 4.69) is 4.99 Å². The monoisotopic (exact) mass is 457 g/mol. The summed E-state index contributed by atoms with van der Waals surface area (Å²) in [7, 11) is 4.50. The van der Waals surface area contributed by atoms with E-state index >= 15 is 0 Å². The summed E-state index contributed by atoms with van der Waals surface area (Å²) in [5.74, 6) is 0.375. The van der Waals surface area contributed by atoms with Gasteiger partial charge in [-0.15, -0.1) is 0 Å². The third-order valence-electron chi connectivity index (χ3n) is 4.47. The fourth-order valence-corrected chi connectivity index (χ4v) is 3.99. The molecular formula is C23H23NO7S. The summed E-state index contributed by atoms with van der Waals surface area (Å²) in [5, 5.41) is 21.1. The number of aliphatic hydroxyl groups is 1. The number of carbonyl (C=O) groups is 1. The van der Waals surface area contributed by atoms with Crippen LogP contribution in [0.1, 0.15) is 12.5 Å². The first-order valence-corrected chi connectivity index (χ1v) is 10.4. The molecule has 32 heavy (non-hydrogen) atoms. The van der Waals surface area contributed by atoms with Crippen molar-refractivity contribution in [3.8, 4) is 23.0 Å². The second kappa shape index (κ2) is 10.1. The van der Waals surface area contributed by atoms with Gasteiger partial charge in [0.25, 0.3) is 0 Å². The zero-order valence-corrected chi connectivity index (χ0v) is 18.9. The maximum Gasteiger partial charge on any atom is 0.344 e. The topological polar surface area (TPSA) is 107 Å². The second-order valence-electron chi connectivity index (χ2n) is 6.44. The highest BCUT2D eigenvalue weighted by molar-refractivity contribution is 8.18. The molecule has 0 bridgehead atoms. The number of methoxy groups -OCH3 is 3. The Kier molecular flexibility index (Phi) is 7.32. The lowest BCUT2D eigenvalue weighted by molar-refractivity contribution is -0.138. The molecule has 0 amide bonds. The molecule has 0 unspecified atom stereocenters. The molecule has 1 heterocycles. The third-order valence-corrected chi connectivity index (χ3v) is 5.49. The molecule has 1 aliphatic heterocycles. The van der Waals surface area contributed by atoms with Crippen molar-refractivity contribution in [2.75, 3.05) is 27.9 Å². The summed E-state index contributed by atoms with van der Waals surface area (Å²) < 4.78 is 20.7. The minimum atomic E-state index is -0.683. The van der Waals surface area contributed by atoms with Crippen molar-refractivity contribution in [1.29, 1.82) is 0 Å². The van der Waals surface area contributed by atoms with Gasteiger partial charge in [-0.1, -0.05) is 17.8 Å². The van der Waals surface area contributed by atoms with Gasteiger partial charge in [0.2, 0.25) is 0 Å². The molecule has 8 nitrogen and oxygen atoms in total. The smallest absolute Gasteiger partial charge is 0.344 e. The van der Waals surface area contributed by atoms with E-state index in [1.54, 1.807) is 43.3 Å². The quantitative estimate of drug-likeness (QED) is 0.581. The Bertz CT molecular complexity index is 1120. The predicted molar refractivity (Wildman–Crippen MR) is 123 cm³/mol. The summed E-state index contributed by atoms with van der Waals surface area (Å²) in [5.41, 5.74) is 1.08. The molecule has 2 aromatic carbocycles.